The second-order valence-corrected chi connectivity index (χ2v) is 6.02. The summed E-state index contributed by atoms with van der Waals surface area (Å²) in [6, 6.07) is 7.73. The molecule has 0 spiro atoms. The standard InChI is InChI=1S/C18H20N2O6/c1-25-18(24)13-9-10-14(21)20(13)15-8-5-11-19(26-15)17(23)16(22)12-6-3-2-4-7-12/h2-8,13,15-16,22H,9-11H2,1H3/t13-,15?,16-/m0/s1. The van der Waals surface area contributed by atoms with Gasteiger partial charge in [-0.2, -0.15) is 0 Å². The fraction of sp³-hybridized carbons (Fsp3) is 0.389. The Labute approximate surface area is 150 Å². The summed E-state index contributed by atoms with van der Waals surface area (Å²) in [6.07, 6.45) is 1.51. The van der Waals surface area contributed by atoms with Crippen LogP contribution in [0, 0.1) is 0 Å². The number of aliphatic hydroxyl groups is 1. The van der Waals surface area contributed by atoms with E-state index in [2.05, 4.69) is 0 Å². The smallest absolute Gasteiger partial charge is 0.328 e. The lowest BCUT2D eigenvalue weighted by Gasteiger charge is -2.36. The quantitative estimate of drug-likeness (QED) is 0.622. The molecule has 2 aliphatic rings. The lowest BCUT2D eigenvalue weighted by Crippen LogP contribution is -2.51. The molecule has 0 aromatic heterocycles. The van der Waals surface area contributed by atoms with Crippen LogP contribution in [0.1, 0.15) is 24.5 Å². The summed E-state index contributed by atoms with van der Waals surface area (Å²) in [5, 5.41) is 11.3. The van der Waals surface area contributed by atoms with Crippen molar-refractivity contribution < 1.29 is 29.1 Å². The first-order valence-electron chi connectivity index (χ1n) is 8.29. The number of methoxy groups -OCH3 is 1. The van der Waals surface area contributed by atoms with Gasteiger partial charge < -0.3 is 9.84 Å². The first-order chi connectivity index (χ1) is 12.5. The maximum absolute atomic E-state index is 12.5. The molecule has 1 aromatic carbocycles. The van der Waals surface area contributed by atoms with Gasteiger partial charge in [-0.25, -0.2) is 14.7 Å². The summed E-state index contributed by atoms with van der Waals surface area (Å²) in [7, 11) is 1.26. The molecule has 0 saturated carbocycles. The van der Waals surface area contributed by atoms with Crippen LogP contribution in [0.2, 0.25) is 0 Å². The Morgan fingerprint density at radius 2 is 2.04 bits per heavy atom. The molecule has 2 aliphatic heterocycles. The number of likely N-dealkylation sites (tertiary alicyclic amines) is 1. The molecule has 8 nitrogen and oxygen atoms in total. The first-order valence-corrected chi connectivity index (χ1v) is 8.29. The minimum Gasteiger partial charge on any atom is -0.467 e. The number of hydrogen-bond acceptors (Lipinski definition) is 6. The van der Waals surface area contributed by atoms with Crippen LogP contribution in [0.4, 0.5) is 0 Å². The molecule has 1 N–H and O–H groups in total. The van der Waals surface area contributed by atoms with Gasteiger partial charge in [-0.3, -0.25) is 14.5 Å². The van der Waals surface area contributed by atoms with Crippen LogP contribution in [-0.4, -0.2) is 58.8 Å². The molecule has 8 heteroatoms. The summed E-state index contributed by atoms with van der Waals surface area (Å²) >= 11 is 0. The highest BCUT2D eigenvalue weighted by molar-refractivity contribution is 5.88. The lowest BCUT2D eigenvalue weighted by atomic mass is 10.1. The van der Waals surface area contributed by atoms with Gasteiger partial charge in [0.2, 0.25) is 5.91 Å². The average Bonchev–Trinajstić information content (AvgIpc) is 3.08. The number of benzene rings is 1. The number of ether oxygens (including phenoxy) is 1. The lowest BCUT2D eigenvalue weighted by molar-refractivity contribution is -0.232. The topological polar surface area (TPSA) is 96.4 Å². The van der Waals surface area contributed by atoms with Crippen LogP contribution in [0.15, 0.2) is 42.5 Å². The predicted molar refractivity (Wildman–Crippen MR) is 89.0 cm³/mol. The number of amides is 2. The van der Waals surface area contributed by atoms with Gasteiger partial charge in [0.25, 0.3) is 5.91 Å². The van der Waals surface area contributed by atoms with Crippen LogP contribution >= 0.6 is 0 Å². The number of aliphatic hydroxyl groups excluding tert-OH is 1. The Morgan fingerprint density at radius 3 is 2.73 bits per heavy atom. The second-order valence-electron chi connectivity index (χ2n) is 6.02. The van der Waals surface area contributed by atoms with Crippen molar-refractivity contribution in [3.63, 3.8) is 0 Å². The van der Waals surface area contributed by atoms with E-state index in [9.17, 15) is 19.5 Å². The van der Waals surface area contributed by atoms with Crippen LogP contribution < -0.4 is 0 Å². The fourth-order valence-electron chi connectivity index (χ4n) is 3.07. The van der Waals surface area contributed by atoms with Crippen LogP contribution in [-0.2, 0) is 24.0 Å². The summed E-state index contributed by atoms with van der Waals surface area (Å²) < 4.78 is 4.74. The zero-order valence-corrected chi connectivity index (χ0v) is 14.3. The van der Waals surface area contributed by atoms with Gasteiger partial charge >= 0.3 is 5.97 Å². The van der Waals surface area contributed by atoms with Crippen molar-refractivity contribution in [1.82, 2.24) is 9.96 Å². The van der Waals surface area contributed by atoms with Crippen LogP contribution in [0.5, 0.6) is 0 Å². The SMILES string of the molecule is COC(=O)[C@@H]1CCC(=O)N1C1C=CCN(C(=O)[C@@H](O)c2ccccc2)O1. The number of hydroxylamine groups is 2. The predicted octanol–water partition coefficient (Wildman–Crippen LogP) is 0.540. The maximum Gasteiger partial charge on any atom is 0.328 e. The Kier molecular flexibility index (Phi) is 5.34. The summed E-state index contributed by atoms with van der Waals surface area (Å²) in [4.78, 5) is 43.5. The van der Waals surface area contributed by atoms with E-state index < -0.39 is 30.3 Å². The van der Waals surface area contributed by atoms with E-state index in [1.54, 1.807) is 42.5 Å². The number of carbonyl (C=O) groups excluding carboxylic acids is 3. The van der Waals surface area contributed by atoms with Gasteiger partial charge in [0, 0.05) is 6.42 Å². The molecular weight excluding hydrogens is 340 g/mol. The first kappa shape index (κ1) is 18.1. The van der Waals surface area contributed by atoms with Gasteiger partial charge in [-0.1, -0.05) is 36.4 Å². The van der Waals surface area contributed by atoms with Gasteiger partial charge in [-0.15, -0.1) is 0 Å². The molecule has 1 saturated heterocycles. The summed E-state index contributed by atoms with van der Waals surface area (Å²) in [6.45, 7) is 0.129. The third kappa shape index (κ3) is 3.47. The fourth-order valence-corrected chi connectivity index (χ4v) is 3.07. The molecular formula is C18H20N2O6. The van der Waals surface area contributed by atoms with Crippen molar-refractivity contribution in [3.8, 4) is 0 Å². The molecule has 138 valence electrons. The highest BCUT2D eigenvalue weighted by Crippen LogP contribution is 2.27. The number of hydrogen-bond donors (Lipinski definition) is 1. The van der Waals surface area contributed by atoms with E-state index in [1.165, 1.54) is 12.0 Å². The molecule has 0 aliphatic carbocycles. The average molecular weight is 360 g/mol. The normalized spacial score (nSPS) is 23.8. The highest BCUT2D eigenvalue weighted by Gasteiger charge is 2.43. The third-order valence-corrected chi connectivity index (χ3v) is 4.41. The summed E-state index contributed by atoms with van der Waals surface area (Å²) in [5.41, 5.74) is 0.442. The summed E-state index contributed by atoms with van der Waals surface area (Å²) in [5.74, 6) is -1.43. The number of nitrogens with zero attached hydrogens (tertiary/aromatic N) is 2. The molecule has 26 heavy (non-hydrogen) atoms. The molecule has 1 unspecified atom stereocenters. The zero-order valence-electron chi connectivity index (χ0n) is 14.3. The number of esters is 1. The third-order valence-electron chi connectivity index (χ3n) is 4.41. The number of rotatable bonds is 4. The van der Waals surface area contributed by atoms with Crippen molar-refractivity contribution in [2.75, 3.05) is 13.7 Å². The van der Waals surface area contributed by atoms with E-state index in [4.69, 9.17) is 9.57 Å². The second kappa shape index (κ2) is 7.67. The zero-order chi connectivity index (χ0) is 18.7. The highest BCUT2D eigenvalue weighted by atomic mass is 16.7. The monoisotopic (exact) mass is 360 g/mol. The Bertz CT molecular complexity index is 720. The van der Waals surface area contributed by atoms with E-state index in [-0.39, 0.29) is 18.9 Å². The van der Waals surface area contributed by atoms with Gasteiger partial charge in [0.15, 0.2) is 12.3 Å². The Balaban J connectivity index is 1.74. The van der Waals surface area contributed by atoms with Crippen molar-refractivity contribution in [2.45, 2.75) is 31.2 Å². The molecule has 2 heterocycles. The van der Waals surface area contributed by atoms with Crippen molar-refractivity contribution in [3.05, 3.63) is 48.0 Å². The molecule has 2 amide bonds. The minimum atomic E-state index is -1.38. The van der Waals surface area contributed by atoms with Crippen molar-refractivity contribution in [2.24, 2.45) is 0 Å². The van der Waals surface area contributed by atoms with Gasteiger partial charge in [0.1, 0.15) is 6.04 Å². The molecule has 0 bridgehead atoms. The molecule has 1 fully saturated rings. The van der Waals surface area contributed by atoms with Gasteiger partial charge in [-0.05, 0) is 18.1 Å². The van der Waals surface area contributed by atoms with E-state index >= 15 is 0 Å². The molecule has 3 rings (SSSR count). The Hall–Kier alpha value is -2.71. The van der Waals surface area contributed by atoms with Crippen LogP contribution in [0.25, 0.3) is 0 Å². The van der Waals surface area contributed by atoms with Gasteiger partial charge in [0.05, 0.1) is 13.7 Å². The van der Waals surface area contributed by atoms with E-state index in [1.807, 2.05) is 0 Å². The van der Waals surface area contributed by atoms with E-state index in [0.717, 1.165) is 5.06 Å². The van der Waals surface area contributed by atoms with E-state index in [0.29, 0.717) is 12.0 Å². The van der Waals surface area contributed by atoms with Crippen molar-refractivity contribution >= 4 is 17.8 Å². The largest absolute Gasteiger partial charge is 0.467 e. The maximum atomic E-state index is 12.5. The Morgan fingerprint density at radius 1 is 1.31 bits per heavy atom. The molecule has 1 aromatic rings. The molecule has 0 radical (unpaired) electrons. The molecule has 3 atom stereocenters. The number of carbonyl (C=O) groups is 3. The minimum absolute atomic E-state index is 0.129. The van der Waals surface area contributed by atoms with Crippen molar-refractivity contribution in [1.29, 1.82) is 0 Å². The van der Waals surface area contributed by atoms with Crippen LogP contribution in [0.3, 0.4) is 0 Å².